The van der Waals surface area contributed by atoms with E-state index < -0.39 is 0 Å². The summed E-state index contributed by atoms with van der Waals surface area (Å²) in [4.78, 5) is 34.0. The number of rotatable bonds is 8. The van der Waals surface area contributed by atoms with Crippen LogP contribution in [0.3, 0.4) is 0 Å². The van der Waals surface area contributed by atoms with Gasteiger partial charge in [0.05, 0.1) is 11.3 Å². The van der Waals surface area contributed by atoms with E-state index in [2.05, 4.69) is 15.1 Å². The Labute approximate surface area is 178 Å². The highest BCUT2D eigenvalue weighted by molar-refractivity contribution is 5.98. The molecule has 0 unspecified atom stereocenters. The van der Waals surface area contributed by atoms with Crippen LogP contribution in [0.1, 0.15) is 41.7 Å². The van der Waals surface area contributed by atoms with Gasteiger partial charge in [0.1, 0.15) is 12.4 Å². The highest BCUT2D eigenvalue weighted by Gasteiger charge is 2.23. The van der Waals surface area contributed by atoms with Gasteiger partial charge in [-0.2, -0.15) is 9.50 Å². The lowest BCUT2D eigenvalue weighted by atomic mass is 10.0. The number of fused-ring (bicyclic) bond motifs is 1. The van der Waals surface area contributed by atoms with Crippen molar-refractivity contribution in [2.24, 2.45) is 5.92 Å². The number of nitrogens with one attached hydrogen (secondary N) is 1. The van der Waals surface area contributed by atoms with E-state index in [-0.39, 0.29) is 23.7 Å². The lowest BCUT2D eigenvalue weighted by Crippen LogP contribution is -2.17. The second-order valence-electron chi connectivity index (χ2n) is 7.85. The van der Waals surface area contributed by atoms with Crippen LogP contribution in [0.5, 0.6) is 5.75 Å². The molecule has 0 amide bonds. The Kier molecular flexibility index (Phi) is 5.08. The molecule has 0 saturated heterocycles. The molecule has 2 aromatic heterocycles. The Morgan fingerprint density at radius 1 is 1.06 bits per heavy atom. The number of ketones is 1. The molecular formula is C24H22N4O3. The monoisotopic (exact) mass is 414 g/mol. The van der Waals surface area contributed by atoms with E-state index in [0.717, 1.165) is 12.0 Å². The zero-order valence-corrected chi connectivity index (χ0v) is 17.0. The number of nitrogens with zero attached hydrogens (tertiary/aromatic N) is 3. The highest BCUT2D eigenvalue weighted by atomic mass is 16.5. The SMILES string of the molecule is O=C(CCC1CC1)c1ccccc1OCc1cc(=O)n2[nH]c(-c3ccccc3)nc2n1. The van der Waals surface area contributed by atoms with E-state index in [4.69, 9.17) is 4.74 Å². The number of Topliss-reactive ketones (excluding diaryl/α,β-unsaturated/α-hetero) is 1. The van der Waals surface area contributed by atoms with E-state index >= 15 is 0 Å². The number of aromatic nitrogens is 4. The molecule has 0 bridgehead atoms. The number of hydrogen-bond donors (Lipinski definition) is 1. The lowest BCUT2D eigenvalue weighted by molar-refractivity contribution is 0.0973. The summed E-state index contributed by atoms with van der Waals surface area (Å²) in [5, 5.41) is 2.98. The molecule has 0 aliphatic heterocycles. The fourth-order valence-corrected chi connectivity index (χ4v) is 3.58. The molecule has 1 saturated carbocycles. The average molecular weight is 414 g/mol. The van der Waals surface area contributed by atoms with Gasteiger partial charge in [-0.1, -0.05) is 55.3 Å². The molecule has 4 aromatic rings. The normalized spacial score (nSPS) is 13.4. The molecule has 156 valence electrons. The molecule has 7 nitrogen and oxygen atoms in total. The van der Waals surface area contributed by atoms with Gasteiger partial charge in [0.15, 0.2) is 11.6 Å². The van der Waals surface area contributed by atoms with Crippen LogP contribution < -0.4 is 10.3 Å². The largest absolute Gasteiger partial charge is 0.487 e. The predicted octanol–water partition coefficient (Wildman–Crippen LogP) is 4.04. The third kappa shape index (κ3) is 4.26. The van der Waals surface area contributed by atoms with Gasteiger partial charge in [0.2, 0.25) is 0 Å². The topological polar surface area (TPSA) is 89.4 Å². The fraction of sp³-hybridized carbons (Fsp3) is 0.250. The third-order valence-electron chi connectivity index (χ3n) is 5.47. The van der Waals surface area contributed by atoms with Crippen molar-refractivity contribution in [1.29, 1.82) is 0 Å². The molecule has 1 fully saturated rings. The number of benzene rings is 2. The van der Waals surface area contributed by atoms with E-state index in [1.165, 1.54) is 23.4 Å². The molecule has 1 aliphatic carbocycles. The zero-order chi connectivity index (χ0) is 21.2. The number of carbonyl (C=O) groups is 1. The summed E-state index contributed by atoms with van der Waals surface area (Å²) in [7, 11) is 0. The molecule has 5 rings (SSSR count). The van der Waals surface area contributed by atoms with Gasteiger partial charge >= 0.3 is 0 Å². The zero-order valence-electron chi connectivity index (χ0n) is 17.0. The van der Waals surface area contributed by atoms with Crippen molar-refractivity contribution in [3.63, 3.8) is 0 Å². The number of carbonyl (C=O) groups excluding carboxylic acids is 1. The van der Waals surface area contributed by atoms with Crippen molar-refractivity contribution in [3.8, 4) is 17.1 Å². The number of aromatic amines is 1. The maximum absolute atomic E-state index is 12.6. The van der Waals surface area contributed by atoms with Gasteiger partial charge in [-0.25, -0.2) is 4.98 Å². The summed E-state index contributed by atoms with van der Waals surface area (Å²) in [6, 6.07) is 18.2. The summed E-state index contributed by atoms with van der Waals surface area (Å²) >= 11 is 0. The number of hydrogen-bond acceptors (Lipinski definition) is 5. The standard InChI is InChI=1S/C24H22N4O3/c29-20(13-12-16-10-11-16)19-8-4-5-9-21(19)31-15-18-14-22(30)28-24(25-18)26-23(27-28)17-6-2-1-3-7-17/h1-9,14,16H,10-13,15H2,(H,25,26,27). The minimum atomic E-state index is -0.271. The first-order valence-corrected chi connectivity index (χ1v) is 10.5. The van der Waals surface area contributed by atoms with E-state index in [0.29, 0.717) is 35.2 Å². The summed E-state index contributed by atoms with van der Waals surface area (Å²) in [5.41, 5.74) is 1.62. The maximum Gasteiger partial charge on any atom is 0.274 e. The molecule has 1 aliphatic rings. The lowest BCUT2D eigenvalue weighted by Gasteiger charge is -2.10. The van der Waals surface area contributed by atoms with E-state index in [9.17, 15) is 9.59 Å². The number of ether oxygens (including phenoxy) is 1. The van der Waals surface area contributed by atoms with Gasteiger partial charge in [-0.15, -0.1) is 0 Å². The molecular weight excluding hydrogens is 392 g/mol. The van der Waals surface area contributed by atoms with Gasteiger partial charge in [0.25, 0.3) is 11.3 Å². The third-order valence-corrected chi connectivity index (χ3v) is 5.47. The van der Waals surface area contributed by atoms with Gasteiger partial charge in [0, 0.05) is 18.1 Å². The van der Waals surface area contributed by atoms with E-state index in [1.807, 2.05) is 42.5 Å². The first-order valence-electron chi connectivity index (χ1n) is 10.5. The van der Waals surface area contributed by atoms with Crippen LogP contribution in [-0.4, -0.2) is 25.4 Å². The van der Waals surface area contributed by atoms with Crippen LogP contribution in [-0.2, 0) is 6.61 Å². The minimum absolute atomic E-state index is 0.0756. The molecule has 2 aromatic carbocycles. The number of para-hydroxylation sites is 1. The molecule has 0 atom stereocenters. The number of H-pyrrole nitrogens is 1. The van der Waals surface area contributed by atoms with Crippen molar-refractivity contribution in [3.05, 3.63) is 82.3 Å². The Balaban J connectivity index is 1.35. The Morgan fingerprint density at radius 3 is 2.65 bits per heavy atom. The summed E-state index contributed by atoms with van der Waals surface area (Å²) in [6.45, 7) is 0.0756. The van der Waals surface area contributed by atoms with Gasteiger partial charge in [-0.3, -0.25) is 14.7 Å². The van der Waals surface area contributed by atoms with Crippen molar-refractivity contribution >= 4 is 11.6 Å². The van der Waals surface area contributed by atoms with Crippen LogP contribution in [0.2, 0.25) is 0 Å². The Morgan fingerprint density at radius 2 is 1.84 bits per heavy atom. The Bertz CT molecular complexity index is 1290. The van der Waals surface area contributed by atoms with Crippen LogP contribution in [0, 0.1) is 5.92 Å². The molecule has 1 N–H and O–H groups in total. The molecule has 31 heavy (non-hydrogen) atoms. The van der Waals surface area contributed by atoms with Crippen molar-refractivity contribution < 1.29 is 9.53 Å². The van der Waals surface area contributed by atoms with Crippen LogP contribution >= 0.6 is 0 Å². The van der Waals surface area contributed by atoms with Gasteiger partial charge < -0.3 is 4.74 Å². The first-order chi connectivity index (χ1) is 15.2. The van der Waals surface area contributed by atoms with E-state index in [1.54, 1.807) is 12.1 Å². The maximum atomic E-state index is 12.6. The smallest absolute Gasteiger partial charge is 0.274 e. The predicted molar refractivity (Wildman–Crippen MR) is 116 cm³/mol. The molecule has 7 heteroatoms. The molecule has 0 radical (unpaired) electrons. The second kappa shape index (κ2) is 8.18. The minimum Gasteiger partial charge on any atom is -0.487 e. The van der Waals surface area contributed by atoms with Crippen molar-refractivity contribution in [1.82, 2.24) is 19.6 Å². The first kappa shape index (κ1) is 19.2. The van der Waals surface area contributed by atoms with Gasteiger partial charge in [-0.05, 0) is 24.5 Å². The summed E-state index contributed by atoms with van der Waals surface area (Å²) < 4.78 is 7.20. The van der Waals surface area contributed by atoms with Crippen molar-refractivity contribution in [2.75, 3.05) is 0 Å². The summed E-state index contributed by atoms with van der Waals surface area (Å²) in [5.74, 6) is 2.15. The second-order valence-corrected chi connectivity index (χ2v) is 7.85. The van der Waals surface area contributed by atoms with Crippen LogP contribution in [0.25, 0.3) is 17.2 Å². The summed E-state index contributed by atoms with van der Waals surface area (Å²) in [6.07, 6.45) is 3.93. The Hall–Kier alpha value is -3.74. The van der Waals surface area contributed by atoms with Crippen LogP contribution in [0.4, 0.5) is 0 Å². The average Bonchev–Trinajstić information content (AvgIpc) is 3.53. The van der Waals surface area contributed by atoms with Crippen molar-refractivity contribution in [2.45, 2.75) is 32.3 Å². The fourth-order valence-electron chi connectivity index (χ4n) is 3.58. The quantitative estimate of drug-likeness (QED) is 0.440. The molecule has 0 spiro atoms. The highest BCUT2D eigenvalue weighted by Crippen LogP contribution is 2.34. The molecule has 2 heterocycles. The van der Waals surface area contributed by atoms with Crippen LogP contribution in [0.15, 0.2) is 65.5 Å².